The van der Waals surface area contributed by atoms with E-state index in [1.165, 1.54) is 35.5 Å². The summed E-state index contributed by atoms with van der Waals surface area (Å²) < 4.78 is 42.2. The van der Waals surface area contributed by atoms with Crippen LogP contribution in [0.3, 0.4) is 0 Å². The number of ketones is 1. The van der Waals surface area contributed by atoms with Crippen molar-refractivity contribution in [1.82, 2.24) is 24.5 Å². The number of carboxylic acid groups (broad SMARTS) is 1. The number of aromatic carboxylic acids is 1. The molecule has 0 radical (unpaired) electrons. The normalized spacial score (nSPS) is 21.6. The molecule has 0 saturated heterocycles. The number of hydrogen-bond donors (Lipinski definition) is 2. The van der Waals surface area contributed by atoms with Crippen molar-refractivity contribution in [1.29, 1.82) is 0 Å². The maximum atomic E-state index is 13.2. The number of carbonyl (C=O) groups is 2. The molecule has 1 fully saturated rings. The van der Waals surface area contributed by atoms with Gasteiger partial charge in [-0.05, 0) is 37.7 Å². The summed E-state index contributed by atoms with van der Waals surface area (Å²) >= 11 is 1.35. The van der Waals surface area contributed by atoms with Crippen molar-refractivity contribution in [2.75, 3.05) is 5.32 Å². The van der Waals surface area contributed by atoms with Gasteiger partial charge in [0.1, 0.15) is 29.8 Å². The summed E-state index contributed by atoms with van der Waals surface area (Å²) in [6.45, 7) is 0. The van der Waals surface area contributed by atoms with Gasteiger partial charge in [-0.3, -0.25) is 14.0 Å². The van der Waals surface area contributed by atoms with E-state index in [0.29, 0.717) is 41.5 Å². The van der Waals surface area contributed by atoms with Crippen LogP contribution < -0.4 is 5.32 Å². The molecule has 35 heavy (non-hydrogen) atoms. The van der Waals surface area contributed by atoms with Crippen LogP contribution in [0, 0.1) is 5.92 Å². The number of carboxylic acids is 1. The Kier molecular flexibility index (Phi) is 6.11. The lowest BCUT2D eigenvalue weighted by Gasteiger charge is -2.28. The second-order valence-corrected chi connectivity index (χ2v) is 10.2. The van der Waals surface area contributed by atoms with Crippen molar-refractivity contribution in [2.45, 2.75) is 57.2 Å². The van der Waals surface area contributed by atoms with E-state index in [1.807, 2.05) is 0 Å². The van der Waals surface area contributed by atoms with Gasteiger partial charge in [-0.15, -0.1) is 21.5 Å². The number of hydrogen-bond acceptors (Lipinski definition) is 7. The molecular weight excluding hydrogens is 485 g/mol. The number of alkyl halides is 3. The fourth-order valence-corrected chi connectivity index (χ4v) is 6.13. The highest BCUT2D eigenvalue weighted by atomic mass is 32.1. The lowest BCUT2D eigenvalue weighted by atomic mass is 9.79. The number of nitrogens with one attached hydrogen (secondary N) is 1. The zero-order valence-electron chi connectivity index (χ0n) is 18.7. The van der Waals surface area contributed by atoms with Gasteiger partial charge >= 0.3 is 5.97 Å². The van der Waals surface area contributed by atoms with Crippen LogP contribution in [0.15, 0.2) is 12.4 Å². The second kappa shape index (κ2) is 9.10. The third-order valence-corrected chi connectivity index (χ3v) is 8.01. The predicted octanol–water partition coefficient (Wildman–Crippen LogP) is 4.04. The first-order valence-corrected chi connectivity index (χ1v) is 12.0. The Bertz CT molecular complexity index is 1280. The molecule has 2 N–H and O–H groups in total. The van der Waals surface area contributed by atoms with Crippen LogP contribution >= 0.6 is 11.3 Å². The summed E-state index contributed by atoms with van der Waals surface area (Å²) in [5, 5.41) is 24.7. The number of carbonyl (C=O) groups excluding carboxylic acids is 1. The van der Waals surface area contributed by atoms with Gasteiger partial charge in [-0.2, -0.15) is 5.10 Å². The summed E-state index contributed by atoms with van der Waals surface area (Å²) in [5.41, 5.74) is 0.493. The Balaban J connectivity index is 1.37. The first-order valence-electron chi connectivity index (χ1n) is 11.2. The largest absolute Gasteiger partial charge is 0.478 e. The molecule has 0 spiro atoms. The van der Waals surface area contributed by atoms with Gasteiger partial charge in [0.05, 0.1) is 5.56 Å². The van der Waals surface area contributed by atoms with E-state index in [2.05, 4.69) is 20.6 Å². The number of aromatic nitrogens is 5. The SMILES string of the molecule is Cn1nc(C(F)F)cc1Nc1nncn1[C@H]1CCc2sc(CC(=O)C3CC(F)C3)c(C(=O)O)c2C1. The number of nitrogens with zero attached hydrogens (tertiary/aromatic N) is 5. The molecule has 1 saturated carbocycles. The third-order valence-electron chi connectivity index (χ3n) is 6.72. The highest BCUT2D eigenvalue weighted by Crippen LogP contribution is 2.40. The number of halogens is 3. The Hall–Kier alpha value is -3.22. The monoisotopic (exact) mass is 508 g/mol. The van der Waals surface area contributed by atoms with Crippen LogP contribution in [-0.4, -0.2) is 47.6 Å². The van der Waals surface area contributed by atoms with Crippen LogP contribution in [0.1, 0.15) is 63.1 Å². The summed E-state index contributed by atoms with van der Waals surface area (Å²) in [5.74, 6) is -0.877. The smallest absolute Gasteiger partial charge is 0.337 e. The molecule has 3 aromatic heterocycles. The molecule has 2 aliphatic rings. The van der Waals surface area contributed by atoms with Crippen LogP contribution in [0.5, 0.6) is 0 Å². The Labute approximate surface area is 202 Å². The fraction of sp³-hybridized carbons (Fsp3) is 0.500. The number of thiophene rings is 1. The third kappa shape index (κ3) is 4.44. The zero-order chi connectivity index (χ0) is 24.9. The van der Waals surface area contributed by atoms with Gasteiger partial charge in [0.25, 0.3) is 6.43 Å². The van der Waals surface area contributed by atoms with E-state index in [-0.39, 0.29) is 48.3 Å². The van der Waals surface area contributed by atoms with E-state index in [0.717, 1.165) is 4.88 Å². The second-order valence-electron chi connectivity index (χ2n) is 8.98. The van der Waals surface area contributed by atoms with Crippen LogP contribution in [-0.2, 0) is 31.1 Å². The average molecular weight is 509 g/mol. The summed E-state index contributed by atoms with van der Waals surface area (Å²) in [6, 6.07) is 1.07. The number of Topliss-reactive ketones (excluding diaryl/α,β-unsaturated/α-hetero) is 1. The molecule has 3 aromatic rings. The molecule has 0 unspecified atom stereocenters. The molecule has 0 aromatic carbocycles. The van der Waals surface area contributed by atoms with Gasteiger partial charge in [-0.25, -0.2) is 18.0 Å². The molecule has 5 rings (SSSR count). The summed E-state index contributed by atoms with van der Waals surface area (Å²) in [6.07, 6.45) is 0.0134. The van der Waals surface area contributed by atoms with E-state index in [4.69, 9.17) is 0 Å². The molecule has 3 heterocycles. The number of aryl methyl sites for hydroxylation is 2. The zero-order valence-corrected chi connectivity index (χ0v) is 19.6. The maximum absolute atomic E-state index is 13.2. The highest BCUT2D eigenvalue weighted by Gasteiger charge is 2.36. The Morgan fingerprint density at radius 1 is 1.34 bits per heavy atom. The molecule has 0 bridgehead atoms. The van der Waals surface area contributed by atoms with Crippen molar-refractivity contribution in [3.05, 3.63) is 39.0 Å². The molecule has 0 amide bonds. The molecule has 186 valence electrons. The van der Waals surface area contributed by atoms with E-state index < -0.39 is 18.6 Å². The first-order chi connectivity index (χ1) is 16.7. The molecule has 0 aliphatic heterocycles. The quantitative estimate of drug-likeness (QED) is 0.472. The minimum Gasteiger partial charge on any atom is -0.478 e. The van der Waals surface area contributed by atoms with Crippen LogP contribution in [0.2, 0.25) is 0 Å². The molecule has 9 nitrogen and oxygen atoms in total. The lowest BCUT2D eigenvalue weighted by molar-refractivity contribution is -0.126. The summed E-state index contributed by atoms with van der Waals surface area (Å²) in [7, 11) is 1.53. The van der Waals surface area contributed by atoms with E-state index in [9.17, 15) is 27.9 Å². The Morgan fingerprint density at radius 2 is 2.11 bits per heavy atom. The molecule has 1 atom stereocenters. The van der Waals surface area contributed by atoms with Gasteiger partial charge in [-0.1, -0.05) is 0 Å². The standard InChI is InChI=1S/C22H23F3N6O3S/c1-30-18(7-14(29-30)20(24)25)27-22-28-26-9-31(22)12-2-3-16-13(6-12)19(21(33)34)17(35-16)8-15(32)10-4-11(23)5-10/h7,9-12,20H,2-6,8H2,1H3,(H,27,28)(H,33,34)/t10?,11?,12-/m0/s1. The fourth-order valence-electron chi connectivity index (χ4n) is 4.77. The van der Waals surface area contributed by atoms with Crippen molar-refractivity contribution < 1.29 is 27.9 Å². The van der Waals surface area contributed by atoms with E-state index in [1.54, 1.807) is 4.57 Å². The van der Waals surface area contributed by atoms with Gasteiger partial charge in [0.15, 0.2) is 0 Å². The predicted molar refractivity (Wildman–Crippen MR) is 120 cm³/mol. The van der Waals surface area contributed by atoms with Crippen molar-refractivity contribution >= 4 is 34.9 Å². The van der Waals surface area contributed by atoms with Gasteiger partial charge in [0, 0.05) is 41.2 Å². The number of fused-ring (bicyclic) bond motifs is 1. The van der Waals surface area contributed by atoms with Gasteiger partial charge < -0.3 is 10.4 Å². The van der Waals surface area contributed by atoms with Crippen LogP contribution in [0.25, 0.3) is 0 Å². The molecule has 13 heteroatoms. The van der Waals surface area contributed by atoms with Crippen molar-refractivity contribution in [2.24, 2.45) is 13.0 Å². The minimum absolute atomic E-state index is 0.00769. The number of rotatable bonds is 8. The average Bonchev–Trinajstić information content (AvgIpc) is 3.48. The molecule has 2 aliphatic carbocycles. The minimum atomic E-state index is -2.71. The Morgan fingerprint density at radius 3 is 2.77 bits per heavy atom. The topological polar surface area (TPSA) is 115 Å². The van der Waals surface area contributed by atoms with E-state index >= 15 is 0 Å². The van der Waals surface area contributed by atoms with Crippen molar-refractivity contribution in [3.63, 3.8) is 0 Å². The van der Waals surface area contributed by atoms with Crippen LogP contribution in [0.4, 0.5) is 24.9 Å². The molecular formula is C22H23F3N6O3S. The lowest BCUT2D eigenvalue weighted by Crippen LogP contribution is -2.32. The van der Waals surface area contributed by atoms with Crippen molar-refractivity contribution in [3.8, 4) is 0 Å². The maximum Gasteiger partial charge on any atom is 0.337 e. The first kappa shape index (κ1) is 23.5. The highest BCUT2D eigenvalue weighted by molar-refractivity contribution is 7.12. The summed E-state index contributed by atoms with van der Waals surface area (Å²) in [4.78, 5) is 26.2. The van der Waals surface area contributed by atoms with Gasteiger partial charge in [0.2, 0.25) is 5.95 Å². The number of anilines is 2.